The first-order valence-corrected chi connectivity index (χ1v) is 3.94. The molecule has 0 heterocycles. The topological polar surface area (TPSA) is 0 Å². The SMILES string of the molecule is Fc1ccc(I)cc1[Si]. The molecule has 0 fully saturated rings. The smallest absolute Gasteiger partial charge is 0.121 e. The van der Waals surface area contributed by atoms with Gasteiger partial charge in [0.2, 0.25) is 0 Å². The Kier molecular flexibility index (Phi) is 2.23. The lowest BCUT2D eigenvalue weighted by Crippen LogP contribution is -2.07. The van der Waals surface area contributed by atoms with Crippen molar-refractivity contribution >= 4 is 38.0 Å². The summed E-state index contributed by atoms with van der Waals surface area (Å²) < 4.78 is 13.5. The molecule has 0 aliphatic carbocycles. The minimum absolute atomic E-state index is 0.216. The van der Waals surface area contributed by atoms with Crippen molar-refractivity contribution in [2.75, 3.05) is 0 Å². The zero-order chi connectivity index (χ0) is 6.85. The zero-order valence-electron chi connectivity index (χ0n) is 4.49. The minimum Gasteiger partial charge on any atom is -0.207 e. The second-order valence-electron chi connectivity index (χ2n) is 1.62. The monoisotopic (exact) mass is 249 g/mol. The van der Waals surface area contributed by atoms with Crippen molar-refractivity contribution in [2.45, 2.75) is 0 Å². The standard InChI is InChI=1S/C6H3FISi/c7-5-2-1-4(8)3-6(5)9/h1-3H. The molecule has 0 spiro atoms. The summed E-state index contributed by atoms with van der Waals surface area (Å²) in [6.45, 7) is 0. The first-order chi connectivity index (χ1) is 4.20. The molecule has 0 bridgehead atoms. The van der Waals surface area contributed by atoms with Crippen LogP contribution in [0.25, 0.3) is 0 Å². The van der Waals surface area contributed by atoms with Crippen LogP contribution in [-0.2, 0) is 0 Å². The van der Waals surface area contributed by atoms with E-state index in [4.69, 9.17) is 0 Å². The number of hydrogen-bond donors (Lipinski definition) is 0. The first-order valence-electron chi connectivity index (χ1n) is 2.37. The fourth-order valence-corrected chi connectivity index (χ4v) is 1.52. The lowest BCUT2D eigenvalue weighted by Gasteiger charge is -1.93. The van der Waals surface area contributed by atoms with Gasteiger partial charge >= 0.3 is 0 Å². The summed E-state index contributed by atoms with van der Waals surface area (Å²) in [5, 5.41) is 0.516. The maximum Gasteiger partial charge on any atom is 0.121 e. The molecule has 45 valence electrons. The molecule has 0 atom stereocenters. The van der Waals surface area contributed by atoms with Crippen molar-refractivity contribution in [3.8, 4) is 0 Å². The maximum atomic E-state index is 12.4. The van der Waals surface area contributed by atoms with Crippen LogP contribution in [0.5, 0.6) is 0 Å². The van der Waals surface area contributed by atoms with Gasteiger partial charge in [0.15, 0.2) is 0 Å². The molecule has 0 N–H and O–H groups in total. The second kappa shape index (κ2) is 2.79. The normalized spacial score (nSPS) is 9.67. The van der Waals surface area contributed by atoms with E-state index < -0.39 is 0 Å². The van der Waals surface area contributed by atoms with E-state index in [1.54, 1.807) is 12.1 Å². The molecular weight excluding hydrogens is 246 g/mol. The summed E-state index contributed by atoms with van der Waals surface area (Å²) in [5.41, 5.74) is 0. The van der Waals surface area contributed by atoms with Gasteiger partial charge in [0.05, 0.1) is 10.2 Å². The van der Waals surface area contributed by atoms with Gasteiger partial charge in [0.25, 0.3) is 0 Å². The van der Waals surface area contributed by atoms with Crippen molar-refractivity contribution in [3.63, 3.8) is 0 Å². The van der Waals surface area contributed by atoms with E-state index in [2.05, 4.69) is 32.8 Å². The molecule has 1 aromatic rings. The van der Waals surface area contributed by atoms with E-state index in [0.29, 0.717) is 5.19 Å². The average molecular weight is 249 g/mol. The highest BCUT2D eigenvalue weighted by Gasteiger charge is 1.94. The molecule has 3 radical (unpaired) electrons. The summed E-state index contributed by atoms with van der Waals surface area (Å²) >= 11 is 2.12. The highest BCUT2D eigenvalue weighted by atomic mass is 127. The van der Waals surface area contributed by atoms with Crippen molar-refractivity contribution < 1.29 is 4.39 Å². The van der Waals surface area contributed by atoms with Crippen LogP contribution in [0.15, 0.2) is 18.2 Å². The van der Waals surface area contributed by atoms with Crippen LogP contribution < -0.4 is 5.19 Å². The van der Waals surface area contributed by atoms with Gasteiger partial charge in [-0.2, -0.15) is 0 Å². The zero-order valence-corrected chi connectivity index (χ0v) is 7.65. The van der Waals surface area contributed by atoms with Gasteiger partial charge < -0.3 is 0 Å². The van der Waals surface area contributed by atoms with E-state index >= 15 is 0 Å². The van der Waals surface area contributed by atoms with Crippen LogP contribution in [-0.4, -0.2) is 10.2 Å². The predicted octanol–water partition coefficient (Wildman–Crippen LogP) is 1.22. The van der Waals surface area contributed by atoms with E-state index in [9.17, 15) is 4.39 Å². The third kappa shape index (κ3) is 1.75. The Morgan fingerprint density at radius 1 is 1.44 bits per heavy atom. The lowest BCUT2D eigenvalue weighted by atomic mass is 10.3. The average Bonchev–Trinajstić information content (AvgIpc) is 1.80. The van der Waals surface area contributed by atoms with Crippen molar-refractivity contribution in [1.82, 2.24) is 0 Å². The molecule has 0 aromatic heterocycles. The van der Waals surface area contributed by atoms with Crippen LogP contribution in [0, 0.1) is 9.39 Å². The van der Waals surface area contributed by atoms with Gasteiger partial charge in [-0.3, -0.25) is 0 Å². The van der Waals surface area contributed by atoms with Crippen LogP contribution >= 0.6 is 22.6 Å². The summed E-state index contributed by atoms with van der Waals surface area (Å²) in [4.78, 5) is 0. The van der Waals surface area contributed by atoms with E-state index in [0.717, 1.165) is 3.57 Å². The van der Waals surface area contributed by atoms with Crippen molar-refractivity contribution in [1.29, 1.82) is 0 Å². The molecule has 1 aromatic carbocycles. The third-order valence-corrected chi connectivity index (χ3v) is 1.98. The summed E-state index contributed by atoms with van der Waals surface area (Å²) in [7, 11) is 3.11. The Labute approximate surface area is 70.0 Å². The number of halogens is 2. The lowest BCUT2D eigenvalue weighted by molar-refractivity contribution is 0.636. The highest BCUT2D eigenvalue weighted by Crippen LogP contribution is 2.01. The van der Waals surface area contributed by atoms with Crippen LogP contribution in [0.4, 0.5) is 4.39 Å². The van der Waals surface area contributed by atoms with Crippen LogP contribution in [0.1, 0.15) is 0 Å². The van der Waals surface area contributed by atoms with E-state index in [-0.39, 0.29) is 5.82 Å². The third-order valence-electron chi connectivity index (χ3n) is 0.928. The van der Waals surface area contributed by atoms with Crippen LogP contribution in [0.3, 0.4) is 0 Å². The van der Waals surface area contributed by atoms with Gasteiger partial charge in [0, 0.05) is 3.57 Å². The van der Waals surface area contributed by atoms with Gasteiger partial charge in [-0.25, -0.2) is 4.39 Å². The maximum absolute atomic E-state index is 12.4. The van der Waals surface area contributed by atoms with Crippen molar-refractivity contribution in [2.24, 2.45) is 0 Å². The number of rotatable bonds is 0. The Morgan fingerprint density at radius 2 is 2.11 bits per heavy atom. The Morgan fingerprint density at radius 3 is 2.56 bits per heavy atom. The number of hydrogen-bond acceptors (Lipinski definition) is 0. The quantitative estimate of drug-likeness (QED) is 0.479. The second-order valence-corrected chi connectivity index (χ2v) is 3.41. The molecule has 0 saturated carbocycles. The van der Waals surface area contributed by atoms with Crippen molar-refractivity contribution in [3.05, 3.63) is 27.6 Å². The molecule has 0 amide bonds. The molecule has 0 saturated heterocycles. The molecule has 9 heavy (non-hydrogen) atoms. The molecule has 0 aliphatic heterocycles. The highest BCUT2D eigenvalue weighted by molar-refractivity contribution is 14.1. The summed E-state index contributed by atoms with van der Waals surface area (Å²) in [6.07, 6.45) is 0. The van der Waals surface area contributed by atoms with Gasteiger partial charge in [-0.15, -0.1) is 0 Å². The van der Waals surface area contributed by atoms with Crippen LogP contribution in [0.2, 0.25) is 0 Å². The fraction of sp³-hybridized carbons (Fsp3) is 0. The first kappa shape index (κ1) is 7.21. The minimum atomic E-state index is -0.216. The molecule has 0 aliphatic rings. The van der Waals surface area contributed by atoms with Gasteiger partial charge in [0.1, 0.15) is 5.82 Å². The Bertz CT molecular complexity index is 224. The van der Waals surface area contributed by atoms with Gasteiger partial charge in [-0.1, -0.05) is 0 Å². The Balaban J connectivity index is 3.17. The largest absolute Gasteiger partial charge is 0.207 e. The summed E-state index contributed by atoms with van der Waals surface area (Å²) in [5.74, 6) is -0.216. The van der Waals surface area contributed by atoms with Gasteiger partial charge in [-0.05, 0) is 46.0 Å². The van der Waals surface area contributed by atoms with E-state index in [1.807, 2.05) is 0 Å². The fourth-order valence-electron chi connectivity index (χ4n) is 0.497. The van der Waals surface area contributed by atoms with E-state index in [1.165, 1.54) is 6.07 Å². The molecule has 0 unspecified atom stereocenters. The Hall–Kier alpha value is 0.0969. The number of benzene rings is 1. The molecule has 0 nitrogen and oxygen atoms in total. The molecule has 1 rings (SSSR count). The summed E-state index contributed by atoms with van der Waals surface area (Å²) in [6, 6.07) is 4.89. The molecule has 3 heteroatoms. The molecular formula is C6H3FISi. The predicted molar refractivity (Wildman–Crippen MR) is 44.5 cm³/mol.